The highest BCUT2D eigenvalue weighted by Gasteiger charge is 2.23. The van der Waals surface area contributed by atoms with Gasteiger partial charge in [0.1, 0.15) is 5.75 Å². The highest BCUT2D eigenvalue weighted by atomic mass is 16.5. The minimum Gasteiger partial charge on any atom is -0.484 e. The molecule has 1 heterocycles. The van der Waals surface area contributed by atoms with Crippen LogP contribution in [0.25, 0.3) is 17.1 Å². The van der Waals surface area contributed by atoms with Crippen molar-refractivity contribution in [3.8, 4) is 22.8 Å². The van der Waals surface area contributed by atoms with Crippen molar-refractivity contribution in [2.24, 2.45) is 0 Å². The quantitative estimate of drug-likeness (QED) is 0.361. The van der Waals surface area contributed by atoms with Crippen molar-refractivity contribution >= 4 is 11.8 Å². The Kier molecular flexibility index (Phi) is 7.02. The first-order chi connectivity index (χ1) is 17.7. The van der Waals surface area contributed by atoms with E-state index in [0.29, 0.717) is 30.6 Å². The average Bonchev–Trinajstić information content (AvgIpc) is 3.62. The highest BCUT2D eigenvalue weighted by molar-refractivity contribution is 5.91. The summed E-state index contributed by atoms with van der Waals surface area (Å²) in [5.74, 6) is 0.934. The summed E-state index contributed by atoms with van der Waals surface area (Å²) in [5, 5.41) is 10.3. The molecule has 1 fully saturated rings. The fourth-order valence-electron chi connectivity index (χ4n) is 3.73. The SMILES string of the molecule is O=C(COc1ccc(CCNC(=O)c2nc(-c3ccccc3)n(-c3ccccc3)n2)cc1)NC1CC1. The third-order valence-corrected chi connectivity index (χ3v) is 5.78. The summed E-state index contributed by atoms with van der Waals surface area (Å²) in [6.07, 6.45) is 2.74. The molecular weight excluding hydrogens is 454 g/mol. The van der Waals surface area contributed by atoms with Gasteiger partial charge in [-0.05, 0) is 49.1 Å². The number of nitrogens with zero attached hydrogens (tertiary/aromatic N) is 3. The lowest BCUT2D eigenvalue weighted by molar-refractivity contribution is -0.123. The van der Waals surface area contributed by atoms with Crippen molar-refractivity contribution in [1.29, 1.82) is 0 Å². The zero-order valence-electron chi connectivity index (χ0n) is 19.8. The smallest absolute Gasteiger partial charge is 0.291 e. The molecule has 0 unspecified atom stereocenters. The normalized spacial score (nSPS) is 12.7. The molecule has 0 atom stereocenters. The molecular formula is C28H27N5O3. The molecule has 0 aliphatic heterocycles. The average molecular weight is 482 g/mol. The van der Waals surface area contributed by atoms with Crippen molar-refractivity contribution in [2.75, 3.05) is 13.2 Å². The first-order valence-corrected chi connectivity index (χ1v) is 12.0. The predicted octanol–water partition coefficient (Wildman–Crippen LogP) is 3.56. The number of benzene rings is 3. The molecule has 36 heavy (non-hydrogen) atoms. The number of amides is 2. The zero-order valence-corrected chi connectivity index (χ0v) is 19.8. The molecule has 1 saturated carbocycles. The van der Waals surface area contributed by atoms with E-state index in [9.17, 15) is 9.59 Å². The Bertz CT molecular complexity index is 1260. The van der Waals surface area contributed by atoms with Crippen LogP contribution in [0.3, 0.4) is 0 Å². The molecule has 3 aromatic carbocycles. The Hall–Kier alpha value is -4.46. The topological polar surface area (TPSA) is 98.1 Å². The van der Waals surface area contributed by atoms with Crippen LogP contribution in [0, 0.1) is 0 Å². The van der Waals surface area contributed by atoms with Gasteiger partial charge in [0, 0.05) is 18.2 Å². The lowest BCUT2D eigenvalue weighted by atomic mass is 10.1. The molecule has 0 radical (unpaired) electrons. The monoisotopic (exact) mass is 481 g/mol. The second-order valence-corrected chi connectivity index (χ2v) is 8.65. The summed E-state index contributed by atoms with van der Waals surface area (Å²) in [6, 6.07) is 27.1. The molecule has 0 saturated heterocycles. The molecule has 4 aromatic rings. The van der Waals surface area contributed by atoms with E-state index >= 15 is 0 Å². The number of carbonyl (C=O) groups is 2. The number of hydrogen-bond donors (Lipinski definition) is 2. The standard InChI is InChI=1S/C28H27N5O3/c34-25(30-22-13-14-22)19-36-24-15-11-20(12-16-24)17-18-29-28(35)26-31-27(21-7-3-1-4-8-21)33(32-26)23-9-5-2-6-10-23/h1-12,15-16,22H,13-14,17-19H2,(H,29,35)(H,30,34). The van der Waals surface area contributed by atoms with E-state index in [-0.39, 0.29) is 24.2 Å². The Balaban J connectivity index is 1.18. The maximum Gasteiger partial charge on any atom is 0.291 e. The molecule has 1 aliphatic carbocycles. The van der Waals surface area contributed by atoms with Crippen LogP contribution in [0.5, 0.6) is 5.75 Å². The lowest BCUT2D eigenvalue weighted by Gasteiger charge is -2.08. The van der Waals surface area contributed by atoms with E-state index in [1.54, 1.807) is 4.68 Å². The molecule has 8 nitrogen and oxygen atoms in total. The van der Waals surface area contributed by atoms with Crippen LogP contribution in [-0.4, -0.2) is 45.8 Å². The van der Waals surface area contributed by atoms with Gasteiger partial charge in [0.25, 0.3) is 11.8 Å². The van der Waals surface area contributed by atoms with Crippen molar-refractivity contribution in [2.45, 2.75) is 25.3 Å². The number of rotatable bonds is 10. The van der Waals surface area contributed by atoms with Crippen molar-refractivity contribution in [1.82, 2.24) is 25.4 Å². The molecule has 0 spiro atoms. The number of aromatic nitrogens is 3. The Morgan fingerprint density at radius 3 is 2.31 bits per heavy atom. The van der Waals surface area contributed by atoms with Gasteiger partial charge in [-0.25, -0.2) is 9.67 Å². The van der Waals surface area contributed by atoms with Crippen LogP contribution in [-0.2, 0) is 11.2 Å². The Labute approximate surface area is 209 Å². The fourth-order valence-corrected chi connectivity index (χ4v) is 3.73. The maximum atomic E-state index is 12.8. The zero-order chi connectivity index (χ0) is 24.7. The molecule has 8 heteroatoms. The minimum absolute atomic E-state index is 0.0134. The first kappa shape index (κ1) is 23.3. The summed E-state index contributed by atoms with van der Waals surface area (Å²) in [6.45, 7) is 0.447. The van der Waals surface area contributed by atoms with E-state index < -0.39 is 0 Å². The second kappa shape index (κ2) is 10.9. The van der Waals surface area contributed by atoms with Crippen LogP contribution < -0.4 is 15.4 Å². The van der Waals surface area contributed by atoms with Gasteiger partial charge in [-0.2, -0.15) is 0 Å². The highest BCUT2D eigenvalue weighted by Crippen LogP contribution is 2.21. The number of hydrogen-bond acceptors (Lipinski definition) is 5. The molecule has 0 bridgehead atoms. The van der Waals surface area contributed by atoms with Crippen LogP contribution in [0.15, 0.2) is 84.9 Å². The summed E-state index contributed by atoms with van der Waals surface area (Å²) in [5.41, 5.74) is 2.74. The summed E-state index contributed by atoms with van der Waals surface area (Å²) < 4.78 is 7.23. The number of nitrogens with one attached hydrogen (secondary N) is 2. The third kappa shape index (κ3) is 5.96. The summed E-state index contributed by atoms with van der Waals surface area (Å²) in [4.78, 5) is 29.1. The van der Waals surface area contributed by atoms with Gasteiger partial charge in [-0.3, -0.25) is 9.59 Å². The minimum atomic E-state index is -0.330. The summed E-state index contributed by atoms with van der Waals surface area (Å²) >= 11 is 0. The van der Waals surface area contributed by atoms with Crippen LogP contribution in [0.4, 0.5) is 0 Å². The number of carbonyl (C=O) groups excluding carboxylic acids is 2. The van der Waals surface area contributed by atoms with Crippen LogP contribution in [0.1, 0.15) is 29.0 Å². The predicted molar refractivity (Wildman–Crippen MR) is 136 cm³/mol. The van der Waals surface area contributed by atoms with Crippen molar-refractivity contribution < 1.29 is 14.3 Å². The van der Waals surface area contributed by atoms with E-state index in [0.717, 1.165) is 29.7 Å². The summed E-state index contributed by atoms with van der Waals surface area (Å²) in [7, 11) is 0. The lowest BCUT2D eigenvalue weighted by Crippen LogP contribution is -2.30. The van der Waals surface area contributed by atoms with E-state index in [1.807, 2.05) is 84.9 Å². The first-order valence-electron chi connectivity index (χ1n) is 12.0. The van der Waals surface area contributed by atoms with E-state index in [2.05, 4.69) is 20.7 Å². The largest absolute Gasteiger partial charge is 0.484 e. The van der Waals surface area contributed by atoms with Gasteiger partial charge in [0.15, 0.2) is 12.4 Å². The van der Waals surface area contributed by atoms with Crippen LogP contribution >= 0.6 is 0 Å². The van der Waals surface area contributed by atoms with Gasteiger partial charge in [-0.15, -0.1) is 5.10 Å². The van der Waals surface area contributed by atoms with Gasteiger partial charge >= 0.3 is 0 Å². The van der Waals surface area contributed by atoms with E-state index in [4.69, 9.17) is 4.74 Å². The fraction of sp³-hybridized carbons (Fsp3) is 0.214. The van der Waals surface area contributed by atoms with E-state index in [1.165, 1.54) is 0 Å². The van der Waals surface area contributed by atoms with Gasteiger partial charge < -0.3 is 15.4 Å². The van der Waals surface area contributed by atoms with Crippen molar-refractivity contribution in [3.05, 3.63) is 96.3 Å². The maximum absolute atomic E-state index is 12.8. The van der Waals surface area contributed by atoms with Crippen LogP contribution in [0.2, 0.25) is 0 Å². The molecule has 182 valence electrons. The van der Waals surface area contributed by atoms with Gasteiger partial charge in [-0.1, -0.05) is 60.7 Å². The van der Waals surface area contributed by atoms with Gasteiger partial charge in [0.2, 0.25) is 5.82 Å². The molecule has 2 N–H and O–H groups in total. The molecule has 1 aliphatic rings. The van der Waals surface area contributed by atoms with Gasteiger partial charge in [0.05, 0.1) is 5.69 Å². The Morgan fingerprint density at radius 1 is 0.917 bits per heavy atom. The second-order valence-electron chi connectivity index (χ2n) is 8.65. The molecule has 5 rings (SSSR count). The number of para-hydroxylation sites is 1. The molecule has 1 aromatic heterocycles. The third-order valence-electron chi connectivity index (χ3n) is 5.78. The molecule has 2 amide bonds. The van der Waals surface area contributed by atoms with Crippen molar-refractivity contribution in [3.63, 3.8) is 0 Å². The Morgan fingerprint density at radius 2 is 1.61 bits per heavy atom. The number of ether oxygens (including phenoxy) is 1.